The summed E-state index contributed by atoms with van der Waals surface area (Å²) in [4.78, 5) is 31.9. The van der Waals surface area contributed by atoms with Crippen molar-refractivity contribution in [3.05, 3.63) is 69.0 Å². The van der Waals surface area contributed by atoms with Gasteiger partial charge >= 0.3 is 0 Å². The summed E-state index contributed by atoms with van der Waals surface area (Å²) in [5.41, 5.74) is 3.39. The molecule has 0 saturated carbocycles. The van der Waals surface area contributed by atoms with Gasteiger partial charge in [-0.05, 0) is 56.0 Å². The third-order valence-corrected chi connectivity index (χ3v) is 6.06. The van der Waals surface area contributed by atoms with Gasteiger partial charge < -0.3 is 10.1 Å². The van der Waals surface area contributed by atoms with Crippen LogP contribution >= 0.6 is 11.3 Å². The molecular weight excluding hydrogens is 416 g/mol. The molecule has 1 atom stereocenters. The number of nitrogens with zero attached hydrogens (tertiary/aromatic N) is 3. The summed E-state index contributed by atoms with van der Waals surface area (Å²) >= 11 is 1.50. The third-order valence-electron chi connectivity index (χ3n) is 5.12. The number of carbonyl (C=O) groups is 1. The van der Waals surface area contributed by atoms with E-state index in [1.807, 2.05) is 36.6 Å². The van der Waals surface area contributed by atoms with Gasteiger partial charge in [-0.3, -0.25) is 19.9 Å². The van der Waals surface area contributed by atoms with E-state index in [0.717, 1.165) is 39.7 Å². The minimum atomic E-state index is -0.445. The van der Waals surface area contributed by atoms with E-state index >= 15 is 0 Å². The van der Waals surface area contributed by atoms with Gasteiger partial charge in [-0.25, -0.2) is 4.98 Å². The number of fused-ring (bicyclic) bond motifs is 1. The number of hydrogen-bond acceptors (Lipinski definition) is 7. The lowest BCUT2D eigenvalue weighted by Crippen LogP contribution is -2.39. The van der Waals surface area contributed by atoms with Crippen molar-refractivity contribution in [1.82, 2.24) is 15.3 Å². The molecule has 0 bridgehead atoms. The summed E-state index contributed by atoms with van der Waals surface area (Å²) in [6.07, 6.45) is 3.49. The van der Waals surface area contributed by atoms with Crippen LogP contribution in [0.25, 0.3) is 10.6 Å². The maximum Gasteiger partial charge on any atom is 0.287 e. The first-order valence-electron chi connectivity index (χ1n) is 10.1. The molecule has 9 heteroatoms. The highest BCUT2D eigenvalue weighted by Gasteiger charge is 2.23. The van der Waals surface area contributed by atoms with E-state index in [1.165, 1.54) is 17.5 Å². The summed E-state index contributed by atoms with van der Waals surface area (Å²) in [5.74, 6) is 0.715. The van der Waals surface area contributed by atoms with Crippen molar-refractivity contribution in [1.29, 1.82) is 0 Å². The van der Waals surface area contributed by atoms with Crippen molar-refractivity contribution in [3.8, 4) is 16.3 Å². The molecule has 31 heavy (non-hydrogen) atoms. The monoisotopic (exact) mass is 438 g/mol. The van der Waals surface area contributed by atoms with E-state index in [2.05, 4.69) is 15.3 Å². The number of hydrogen-bond donors (Lipinski definition) is 1. The molecule has 1 N–H and O–H groups in total. The van der Waals surface area contributed by atoms with Crippen LogP contribution in [0.4, 0.5) is 5.69 Å². The molecule has 0 saturated heterocycles. The van der Waals surface area contributed by atoms with Gasteiger partial charge in [-0.1, -0.05) is 0 Å². The van der Waals surface area contributed by atoms with Gasteiger partial charge in [0.25, 0.3) is 5.69 Å². The first kappa shape index (κ1) is 20.9. The first-order valence-corrected chi connectivity index (χ1v) is 11.0. The lowest BCUT2D eigenvalue weighted by molar-refractivity contribution is -0.385. The summed E-state index contributed by atoms with van der Waals surface area (Å²) in [7, 11) is 0. The van der Waals surface area contributed by atoms with Crippen LogP contribution in [0, 0.1) is 10.1 Å². The van der Waals surface area contributed by atoms with Crippen LogP contribution in [0.2, 0.25) is 0 Å². The number of aryl methyl sites for hydroxylation is 1. The van der Waals surface area contributed by atoms with Crippen molar-refractivity contribution in [2.45, 2.75) is 38.6 Å². The van der Waals surface area contributed by atoms with E-state index in [9.17, 15) is 14.9 Å². The Hall–Kier alpha value is -3.33. The molecule has 2 aromatic heterocycles. The Morgan fingerprint density at radius 1 is 1.35 bits per heavy atom. The molecule has 4 rings (SSSR count). The predicted molar refractivity (Wildman–Crippen MR) is 117 cm³/mol. The summed E-state index contributed by atoms with van der Waals surface area (Å²) in [6.45, 7) is 2.56. The zero-order chi connectivity index (χ0) is 21.8. The number of thiazole rings is 1. The maximum absolute atomic E-state index is 12.5. The number of aromatic nitrogens is 2. The van der Waals surface area contributed by atoms with Crippen LogP contribution in [-0.4, -0.2) is 33.4 Å². The van der Waals surface area contributed by atoms with Crippen molar-refractivity contribution in [2.75, 3.05) is 6.61 Å². The molecule has 2 heterocycles. The van der Waals surface area contributed by atoms with Crippen molar-refractivity contribution >= 4 is 22.9 Å². The Labute approximate surface area is 183 Å². The largest absolute Gasteiger partial charge is 0.494 e. The van der Waals surface area contributed by atoms with Crippen molar-refractivity contribution in [3.63, 3.8) is 0 Å². The van der Waals surface area contributed by atoms with Crippen LogP contribution in [0.1, 0.15) is 30.3 Å². The van der Waals surface area contributed by atoms with Gasteiger partial charge in [0.1, 0.15) is 17.0 Å². The quantitative estimate of drug-likeness (QED) is 0.445. The molecule has 0 spiro atoms. The smallest absolute Gasteiger partial charge is 0.287 e. The SMILES string of the molecule is CCOc1ccc(-c2nc(CC(=O)NC3CCc4ncc([N+](=O)[O-])cc4C3)cs2)cc1. The first-order chi connectivity index (χ1) is 15.0. The molecule has 0 fully saturated rings. The van der Waals surface area contributed by atoms with E-state index in [-0.39, 0.29) is 24.1 Å². The highest BCUT2D eigenvalue weighted by Crippen LogP contribution is 2.26. The molecule has 1 aliphatic carbocycles. The highest BCUT2D eigenvalue weighted by atomic mass is 32.1. The molecule has 0 aliphatic heterocycles. The lowest BCUT2D eigenvalue weighted by atomic mass is 9.91. The van der Waals surface area contributed by atoms with E-state index in [1.54, 1.807) is 6.07 Å². The number of benzene rings is 1. The Balaban J connectivity index is 1.35. The lowest BCUT2D eigenvalue weighted by Gasteiger charge is -2.24. The Morgan fingerprint density at radius 3 is 2.90 bits per heavy atom. The second-order valence-corrected chi connectivity index (χ2v) is 8.20. The van der Waals surface area contributed by atoms with Gasteiger partial charge in [0.15, 0.2) is 0 Å². The number of carbonyl (C=O) groups excluding carboxylic acids is 1. The Bertz CT molecular complexity index is 1100. The molecular formula is C22H22N4O4S. The Morgan fingerprint density at radius 2 is 2.16 bits per heavy atom. The Kier molecular flexibility index (Phi) is 6.22. The van der Waals surface area contributed by atoms with E-state index < -0.39 is 4.92 Å². The molecule has 1 unspecified atom stereocenters. The molecule has 1 amide bonds. The van der Waals surface area contributed by atoms with Crippen LogP contribution < -0.4 is 10.1 Å². The second kappa shape index (κ2) is 9.22. The second-order valence-electron chi connectivity index (χ2n) is 7.34. The molecule has 1 aromatic carbocycles. The maximum atomic E-state index is 12.5. The average molecular weight is 439 g/mol. The normalized spacial score (nSPS) is 15.2. The van der Waals surface area contributed by atoms with Crippen LogP contribution in [0.15, 0.2) is 41.9 Å². The van der Waals surface area contributed by atoms with Crippen LogP contribution in [0.3, 0.4) is 0 Å². The van der Waals surface area contributed by atoms with Gasteiger partial charge in [0.2, 0.25) is 5.91 Å². The van der Waals surface area contributed by atoms with E-state index in [4.69, 9.17) is 4.74 Å². The molecule has 8 nitrogen and oxygen atoms in total. The minimum absolute atomic E-state index is 0.0185. The van der Waals surface area contributed by atoms with Gasteiger partial charge in [0, 0.05) is 28.7 Å². The predicted octanol–water partition coefficient (Wildman–Crippen LogP) is 3.73. The van der Waals surface area contributed by atoms with Crippen molar-refractivity contribution in [2.24, 2.45) is 0 Å². The topological polar surface area (TPSA) is 107 Å². The molecule has 160 valence electrons. The number of nitro groups is 1. The van der Waals surface area contributed by atoms with Crippen LogP contribution in [-0.2, 0) is 24.1 Å². The number of pyridine rings is 1. The minimum Gasteiger partial charge on any atom is -0.494 e. The fourth-order valence-corrected chi connectivity index (χ4v) is 4.48. The summed E-state index contributed by atoms with van der Waals surface area (Å²) in [5, 5.41) is 16.8. The van der Waals surface area contributed by atoms with Crippen molar-refractivity contribution < 1.29 is 14.5 Å². The van der Waals surface area contributed by atoms with E-state index in [0.29, 0.717) is 19.4 Å². The zero-order valence-corrected chi connectivity index (χ0v) is 17.9. The van der Waals surface area contributed by atoms with Gasteiger partial charge in [-0.2, -0.15) is 0 Å². The number of amides is 1. The summed E-state index contributed by atoms with van der Waals surface area (Å²) in [6, 6.07) is 9.23. The molecule has 0 radical (unpaired) electrons. The number of ether oxygens (including phenoxy) is 1. The fraction of sp³-hybridized carbons (Fsp3) is 0.318. The van der Waals surface area contributed by atoms with Gasteiger partial charge in [0.05, 0.1) is 23.6 Å². The fourth-order valence-electron chi connectivity index (χ4n) is 3.65. The third kappa shape index (κ3) is 5.05. The summed E-state index contributed by atoms with van der Waals surface area (Å²) < 4.78 is 5.46. The molecule has 1 aliphatic rings. The average Bonchev–Trinajstić information content (AvgIpc) is 3.22. The van der Waals surface area contributed by atoms with Crippen LogP contribution in [0.5, 0.6) is 5.75 Å². The highest BCUT2D eigenvalue weighted by molar-refractivity contribution is 7.13. The zero-order valence-electron chi connectivity index (χ0n) is 17.0. The number of rotatable bonds is 7. The van der Waals surface area contributed by atoms with Gasteiger partial charge in [-0.15, -0.1) is 11.3 Å². The number of nitrogens with one attached hydrogen (secondary N) is 1. The molecule has 3 aromatic rings. The standard InChI is InChI=1S/C22H22N4O4S/c1-2-30-19-6-3-14(4-7-19)22-25-17(13-31-22)11-21(27)24-16-5-8-20-15(9-16)10-18(12-23-20)26(28)29/h3-4,6-7,10,12-13,16H,2,5,8-9,11H2,1H3,(H,24,27).